The lowest BCUT2D eigenvalue weighted by Gasteiger charge is -2.23. The zero-order valence-electron chi connectivity index (χ0n) is 15.2. The van der Waals surface area contributed by atoms with E-state index in [2.05, 4.69) is 66.7 Å². The highest BCUT2D eigenvalue weighted by Gasteiger charge is 2.20. The lowest BCUT2D eigenvalue weighted by atomic mass is 9.81. The molecule has 0 aliphatic carbocycles. The Kier molecular flexibility index (Phi) is 2.82. The Morgan fingerprint density at radius 2 is 1.00 bits per heavy atom. The van der Waals surface area contributed by atoms with Crippen molar-refractivity contribution in [1.82, 2.24) is 0 Å². The molecule has 0 bridgehead atoms. The van der Waals surface area contributed by atoms with Gasteiger partial charge in [0.05, 0.1) is 0 Å². The first kappa shape index (κ1) is 14.5. The Balaban J connectivity index is 2.56. The summed E-state index contributed by atoms with van der Waals surface area (Å²) in [4.78, 5) is 0. The lowest BCUT2D eigenvalue weighted by Crippen LogP contribution is -2.00. The van der Waals surface area contributed by atoms with Crippen LogP contribution in [0.15, 0.2) is 18.2 Å². The van der Waals surface area contributed by atoms with E-state index in [1.165, 1.54) is 71.3 Å². The SMILES string of the molecule is Cc1c(C)c2cc(C)c3ccc(C)c4c(C)c(C)c(c1C)c2c34. The van der Waals surface area contributed by atoms with Crippen LogP contribution in [0.25, 0.3) is 32.3 Å². The Morgan fingerprint density at radius 3 is 1.70 bits per heavy atom. The average molecular weight is 300 g/mol. The Labute approximate surface area is 138 Å². The number of hydrogen-bond acceptors (Lipinski definition) is 0. The summed E-state index contributed by atoms with van der Waals surface area (Å²) >= 11 is 0. The van der Waals surface area contributed by atoms with Crippen molar-refractivity contribution < 1.29 is 0 Å². The van der Waals surface area contributed by atoms with E-state index in [0.29, 0.717) is 0 Å². The largest absolute Gasteiger partial charge is 0.0581 e. The fourth-order valence-corrected chi connectivity index (χ4v) is 4.54. The zero-order valence-corrected chi connectivity index (χ0v) is 15.2. The van der Waals surface area contributed by atoms with Crippen molar-refractivity contribution >= 4 is 32.3 Å². The molecule has 0 aliphatic rings. The molecule has 0 saturated carbocycles. The van der Waals surface area contributed by atoms with E-state index in [0.717, 1.165) is 0 Å². The van der Waals surface area contributed by atoms with Crippen molar-refractivity contribution in [3.8, 4) is 0 Å². The van der Waals surface area contributed by atoms with Crippen LogP contribution in [-0.4, -0.2) is 0 Å². The van der Waals surface area contributed by atoms with Crippen molar-refractivity contribution in [2.75, 3.05) is 0 Å². The molecule has 4 aromatic carbocycles. The third kappa shape index (κ3) is 1.62. The molecule has 0 radical (unpaired) electrons. The maximum atomic E-state index is 2.40. The molecule has 0 N–H and O–H groups in total. The Morgan fingerprint density at radius 1 is 0.435 bits per heavy atom. The third-order valence-corrected chi connectivity index (χ3v) is 6.19. The molecule has 0 fully saturated rings. The van der Waals surface area contributed by atoms with Crippen molar-refractivity contribution in [2.24, 2.45) is 0 Å². The number of rotatable bonds is 0. The lowest BCUT2D eigenvalue weighted by molar-refractivity contribution is 1.29. The van der Waals surface area contributed by atoms with Crippen LogP contribution in [0.5, 0.6) is 0 Å². The molecule has 0 amide bonds. The molecule has 0 aliphatic heterocycles. The van der Waals surface area contributed by atoms with Gasteiger partial charge >= 0.3 is 0 Å². The molecular formula is C23H24. The Hall–Kier alpha value is -2.08. The van der Waals surface area contributed by atoms with Gasteiger partial charge in [-0.25, -0.2) is 0 Å². The van der Waals surface area contributed by atoms with Crippen LogP contribution in [0.3, 0.4) is 0 Å². The molecule has 23 heavy (non-hydrogen) atoms. The highest BCUT2D eigenvalue weighted by atomic mass is 14.2. The second kappa shape index (κ2) is 4.47. The molecule has 0 aromatic heterocycles. The van der Waals surface area contributed by atoms with Gasteiger partial charge in [0.25, 0.3) is 0 Å². The van der Waals surface area contributed by atoms with E-state index in [1.54, 1.807) is 0 Å². The van der Waals surface area contributed by atoms with E-state index in [-0.39, 0.29) is 0 Å². The summed E-state index contributed by atoms with van der Waals surface area (Å²) in [6.07, 6.45) is 0. The van der Waals surface area contributed by atoms with Crippen LogP contribution in [-0.2, 0) is 0 Å². The smallest absolute Gasteiger partial charge is 0.00181 e. The molecule has 4 rings (SSSR count). The predicted octanol–water partition coefficient (Wildman–Crippen LogP) is 6.74. The minimum Gasteiger partial charge on any atom is -0.0581 e. The maximum Gasteiger partial charge on any atom is -0.00181 e. The van der Waals surface area contributed by atoms with Gasteiger partial charge in [0, 0.05) is 0 Å². The second-order valence-electron chi connectivity index (χ2n) is 7.30. The van der Waals surface area contributed by atoms with E-state index < -0.39 is 0 Å². The van der Waals surface area contributed by atoms with E-state index in [4.69, 9.17) is 0 Å². The molecule has 4 aromatic rings. The standard InChI is InChI=1S/C23H24/c1-11-8-9-18-12(2)10-19-14(4)13(3)15(5)21-17(7)16(6)20(11)22(18)23(19)21/h8-10H,1-7H3. The van der Waals surface area contributed by atoms with Crippen LogP contribution in [0.4, 0.5) is 0 Å². The van der Waals surface area contributed by atoms with Crippen LogP contribution in [0, 0.1) is 48.5 Å². The minimum atomic E-state index is 1.39. The zero-order chi connectivity index (χ0) is 16.6. The molecule has 0 unspecified atom stereocenters. The van der Waals surface area contributed by atoms with Gasteiger partial charge < -0.3 is 0 Å². The Bertz CT molecular complexity index is 1110. The summed E-state index contributed by atoms with van der Waals surface area (Å²) in [5.41, 5.74) is 9.99. The minimum absolute atomic E-state index is 1.39. The average Bonchev–Trinajstić information content (AvgIpc) is 2.52. The summed E-state index contributed by atoms with van der Waals surface area (Å²) < 4.78 is 0. The molecule has 0 nitrogen and oxygen atoms in total. The fraction of sp³-hybridized carbons (Fsp3) is 0.304. The molecule has 0 saturated heterocycles. The fourth-order valence-electron chi connectivity index (χ4n) is 4.54. The van der Waals surface area contributed by atoms with Gasteiger partial charge in [0.1, 0.15) is 0 Å². The monoisotopic (exact) mass is 300 g/mol. The van der Waals surface area contributed by atoms with Crippen LogP contribution >= 0.6 is 0 Å². The normalized spacial score (nSPS) is 12.1. The molecule has 0 heterocycles. The summed E-state index contributed by atoms with van der Waals surface area (Å²) in [5.74, 6) is 0. The van der Waals surface area contributed by atoms with Crippen molar-refractivity contribution in [1.29, 1.82) is 0 Å². The second-order valence-corrected chi connectivity index (χ2v) is 7.30. The molecule has 0 spiro atoms. The van der Waals surface area contributed by atoms with Crippen molar-refractivity contribution in [2.45, 2.75) is 48.5 Å². The quantitative estimate of drug-likeness (QED) is 0.315. The number of hydrogen-bond donors (Lipinski definition) is 0. The highest BCUT2D eigenvalue weighted by Crippen LogP contribution is 2.44. The number of aryl methyl sites for hydroxylation is 6. The van der Waals surface area contributed by atoms with Gasteiger partial charge in [-0.05, 0) is 120 Å². The molecular weight excluding hydrogens is 276 g/mol. The van der Waals surface area contributed by atoms with Gasteiger partial charge in [-0.15, -0.1) is 0 Å². The van der Waals surface area contributed by atoms with E-state index in [9.17, 15) is 0 Å². The molecule has 116 valence electrons. The van der Waals surface area contributed by atoms with Crippen molar-refractivity contribution in [3.05, 3.63) is 57.1 Å². The van der Waals surface area contributed by atoms with Gasteiger partial charge in [0.2, 0.25) is 0 Å². The third-order valence-electron chi connectivity index (χ3n) is 6.19. The summed E-state index contributed by atoms with van der Waals surface area (Å²) in [6.45, 7) is 15.9. The summed E-state index contributed by atoms with van der Waals surface area (Å²) in [7, 11) is 0. The van der Waals surface area contributed by atoms with E-state index in [1.807, 2.05) is 0 Å². The maximum absolute atomic E-state index is 2.40. The predicted molar refractivity (Wildman–Crippen MR) is 103 cm³/mol. The van der Waals surface area contributed by atoms with Gasteiger partial charge in [-0.3, -0.25) is 0 Å². The molecule has 0 atom stereocenters. The number of benzene rings is 4. The van der Waals surface area contributed by atoms with Gasteiger partial charge in [0.15, 0.2) is 0 Å². The first-order chi connectivity index (χ1) is 10.8. The van der Waals surface area contributed by atoms with Gasteiger partial charge in [-0.2, -0.15) is 0 Å². The van der Waals surface area contributed by atoms with Crippen LogP contribution < -0.4 is 0 Å². The summed E-state index contributed by atoms with van der Waals surface area (Å²) in [6, 6.07) is 6.99. The topological polar surface area (TPSA) is 0 Å². The van der Waals surface area contributed by atoms with Crippen molar-refractivity contribution in [3.63, 3.8) is 0 Å². The molecule has 0 heteroatoms. The van der Waals surface area contributed by atoms with Gasteiger partial charge in [-0.1, -0.05) is 18.2 Å². The van der Waals surface area contributed by atoms with Crippen LogP contribution in [0.1, 0.15) is 38.9 Å². The first-order valence-corrected chi connectivity index (χ1v) is 8.49. The highest BCUT2D eigenvalue weighted by molar-refractivity contribution is 6.27. The summed E-state index contributed by atoms with van der Waals surface area (Å²) in [5, 5.41) is 8.74. The van der Waals surface area contributed by atoms with Crippen LogP contribution in [0.2, 0.25) is 0 Å². The van der Waals surface area contributed by atoms with E-state index >= 15 is 0 Å². The first-order valence-electron chi connectivity index (χ1n) is 8.49.